The maximum absolute atomic E-state index is 12.9. The van der Waals surface area contributed by atoms with E-state index in [1.807, 2.05) is 4.90 Å². The topological polar surface area (TPSA) is 115 Å². The number of nitro groups is 1. The minimum atomic E-state index is -4.46. The summed E-state index contributed by atoms with van der Waals surface area (Å²) in [5, 5.41) is 18.5. The number of rotatable bonds is 6. The van der Waals surface area contributed by atoms with Crippen LogP contribution >= 0.6 is 0 Å². The highest BCUT2D eigenvalue weighted by Crippen LogP contribution is 2.34. The van der Waals surface area contributed by atoms with E-state index < -0.39 is 22.8 Å². The van der Waals surface area contributed by atoms with E-state index in [9.17, 15) is 28.1 Å². The lowest BCUT2D eigenvalue weighted by Crippen LogP contribution is -2.49. The number of carbonyl (C=O) groups excluding carboxylic acids is 1. The number of nitrogens with one attached hydrogen (secondary N) is 1. The number of carbonyl (C=O) groups is 1. The number of nitro benzene ring substituents is 1. The third kappa shape index (κ3) is 6.43. The average Bonchev–Trinajstić information content (AvgIpc) is 3.32. The van der Waals surface area contributed by atoms with E-state index in [1.165, 1.54) is 29.1 Å². The highest BCUT2D eigenvalue weighted by atomic mass is 19.4. The smallest absolute Gasteiger partial charge is 0.406 e. The van der Waals surface area contributed by atoms with Gasteiger partial charge in [-0.2, -0.15) is 18.3 Å². The van der Waals surface area contributed by atoms with Gasteiger partial charge in [0.1, 0.15) is 5.69 Å². The Kier molecular flexibility index (Phi) is 8.13. The largest absolute Gasteiger partial charge is 0.417 e. The summed E-state index contributed by atoms with van der Waals surface area (Å²) >= 11 is 0. The lowest BCUT2D eigenvalue weighted by atomic mass is 10.0. The molecule has 1 N–H and O–H groups in total. The molecular formula is C27H29F3N6O5. The van der Waals surface area contributed by atoms with Gasteiger partial charge in [0.05, 0.1) is 47.0 Å². The van der Waals surface area contributed by atoms with Crippen molar-refractivity contribution in [2.24, 2.45) is 0 Å². The predicted molar refractivity (Wildman–Crippen MR) is 144 cm³/mol. The molecule has 0 unspecified atom stereocenters. The van der Waals surface area contributed by atoms with Crippen LogP contribution in [0.3, 0.4) is 0 Å². The summed E-state index contributed by atoms with van der Waals surface area (Å²) in [6.07, 6.45) is -2.31. The van der Waals surface area contributed by atoms with E-state index in [0.717, 1.165) is 51.3 Å². The van der Waals surface area contributed by atoms with Gasteiger partial charge < -0.3 is 14.4 Å². The Bertz CT molecular complexity index is 1400. The molecule has 0 spiro atoms. The molecule has 14 heteroatoms. The molecule has 2 aromatic carbocycles. The molecule has 2 aliphatic rings. The maximum Gasteiger partial charge on any atom is 0.417 e. The van der Waals surface area contributed by atoms with Crippen molar-refractivity contribution in [3.8, 4) is 11.4 Å². The van der Waals surface area contributed by atoms with E-state index in [1.54, 1.807) is 19.1 Å². The monoisotopic (exact) mass is 574 g/mol. The quantitative estimate of drug-likeness (QED) is 0.323. The summed E-state index contributed by atoms with van der Waals surface area (Å²) in [6, 6.07) is 9.32. The number of nitrogens with zero attached hydrogens (tertiary/aromatic N) is 5. The van der Waals surface area contributed by atoms with E-state index in [-0.39, 0.29) is 17.1 Å². The van der Waals surface area contributed by atoms with Crippen molar-refractivity contribution in [3.63, 3.8) is 0 Å². The fourth-order valence-electron chi connectivity index (χ4n) is 5.22. The number of piperidine rings is 1. The highest BCUT2D eigenvalue weighted by Gasteiger charge is 2.31. The van der Waals surface area contributed by atoms with Gasteiger partial charge in [0, 0.05) is 38.3 Å². The summed E-state index contributed by atoms with van der Waals surface area (Å²) in [5.41, 5.74) is 0.482. The Balaban J connectivity index is 1.22. The molecule has 2 fully saturated rings. The molecule has 11 nitrogen and oxygen atoms in total. The summed E-state index contributed by atoms with van der Waals surface area (Å²) < 4.78 is 50.7. The molecule has 1 amide bonds. The Labute approximate surface area is 233 Å². The van der Waals surface area contributed by atoms with Gasteiger partial charge >= 0.3 is 12.3 Å². The number of halogens is 3. The van der Waals surface area contributed by atoms with Gasteiger partial charge in [-0.25, -0.2) is 9.48 Å². The van der Waals surface area contributed by atoms with Crippen LogP contribution in [-0.2, 0) is 10.9 Å². The fourth-order valence-corrected chi connectivity index (χ4v) is 5.22. The predicted octanol–water partition coefficient (Wildman–Crippen LogP) is 5.02. The number of anilines is 2. The molecule has 2 aliphatic heterocycles. The molecule has 0 atom stereocenters. The molecule has 0 aliphatic carbocycles. The third-order valence-corrected chi connectivity index (χ3v) is 7.39. The molecule has 3 aromatic rings. The molecule has 41 heavy (non-hydrogen) atoms. The zero-order valence-corrected chi connectivity index (χ0v) is 22.3. The average molecular weight is 575 g/mol. The maximum atomic E-state index is 12.9. The molecule has 0 saturated carbocycles. The van der Waals surface area contributed by atoms with Crippen molar-refractivity contribution >= 4 is 23.2 Å². The van der Waals surface area contributed by atoms with Gasteiger partial charge in [-0.05, 0) is 56.2 Å². The number of hydrogen-bond acceptors (Lipinski definition) is 8. The molecule has 0 radical (unpaired) electrons. The number of ether oxygens (including phenoxy) is 2. The van der Waals surface area contributed by atoms with E-state index in [0.29, 0.717) is 36.2 Å². The standard InChI is InChI=1S/C27H29F3N6O5/c1-18-25(17-31-35(18)22-5-2-19(3-6-22)27(28,29)30)41-26(37)32-20-4-7-23(24(16-20)36(38)39)34-10-8-21(9-11-34)33-12-14-40-15-13-33/h2-7,16-17,21H,8-15H2,1H3,(H,32,37). The summed E-state index contributed by atoms with van der Waals surface area (Å²) in [6.45, 7) is 6.20. The van der Waals surface area contributed by atoms with Gasteiger partial charge in [-0.1, -0.05) is 0 Å². The summed E-state index contributed by atoms with van der Waals surface area (Å²) in [4.78, 5) is 28.4. The Morgan fingerprint density at radius 1 is 1.10 bits per heavy atom. The van der Waals surface area contributed by atoms with Crippen molar-refractivity contribution in [3.05, 3.63) is 70.0 Å². The van der Waals surface area contributed by atoms with Crippen LogP contribution in [0.5, 0.6) is 5.75 Å². The molecule has 218 valence electrons. The van der Waals surface area contributed by atoms with Crippen molar-refractivity contribution in [1.82, 2.24) is 14.7 Å². The molecule has 3 heterocycles. The van der Waals surface area contributed by atoms with Crippen LogP contribution in [0.1, 0.15) is 24.1 Å². The Hall–Kier alpha value is -4.17. The van der Waals surface area contributed by atoms with Gasteiger partial charge in [0.15, 0.2) is 5.75 Å². The van der Waals surface area contributed by atoms with Crippen molar-refractivity contribution in [2.45, 2.75) is 32.0 Å². The zero-order chi connectivity index (χ0) is 29.1. The first kappa shape index (κ1) is 28.4. The van der Waals surface area contributed by atoms with Gasteiger partial charge in [-0.3, -0.25) is 20.3 Å². The van der Waals surface area contributed by atoms with Crippen LogP contribution in [-0.4, -0.2) is 71.1 Å². The van der Waals surface area contributed by atoms with E-state index in [4.69, 9.17) is 9.47 Å². The Morgan fingerprint density at radius 2 is 1.78 bits per heavy atom. The van der Waals surface area contributed by atoms with E-state index in [2.05, 4.69) is 15.3 Å². The van der Waals surface area contributed by atoms with Crippen LogP contribution in [0, 0.1) is 17.0 Å². The minimum absolute atomic E-state index is 0.0802. The van der Waals surface area contributed by atoms with Gasteiger partial charge in [-0.15, -0.1) is 0 Å². The third-order valence-electron chi connectivity index (χ3n) is 7.39. The van der Waals surface area contributed by atoms with Crippen molar-refractivity contribution in [2.75, 3.05) is 49.6 Å². The minimum Gasteiger partial charge on any atom is -0.406 e. The van der Waals surface area contributed by atoms with Gasteiger partial charge in [0.2, 0.25) is 0 Å². The number of aromatic nitrogens is 2. The zero-order valence-electron chi connectivity index (χ0n) is 22.3. The van der Waals surface area contributed by atoms with Crippen LogP contribution in [0.2, 0.25) is 0 Å². The summed E-state index contributed by atoms with van der Waals surface area (Å²) in [5.74, 6) is 0.0802. The normalized spacial score (nSPS) is 16.9. The first-order valence-electron chi connectivity index (χ1n) is 13.2. The number of morpholine rings is 1. The molecule has 1 aromatic heterocycles. The van der Waals surface area contributed by atoms with Crippen LogP contribution in [0.15, 0.2) is 48.7 Å². The second-order valence-electron chi connectivity index (χ2n) is 9.89. The molecular weight excluding hydrogens is 545 g/mol. The lowest BCUT2D eigenvalue weighted by Gasteiger charge is -2.40. The number of alkyl halides is 3. The number of benzene rings is 2. The van der Waals surface area contributed by atoms with Crippen molar-refractivity contribution in [1.29, 1.82) is 0 Å². The second kappa shape index (κ2) is 11.7. The van der Waals surface area contributed by atoms with Crippen molar-refractivity contribution < 1.29 is 32.4 Å². The highest BCUT2D eigenvalue weighted by molar-refractivity contribution is 5.88. The second-order valence-corrected chi connectivity index (χ2v) is 9.89. The lowest BCUT2D eigenvalue weighted by molar-refractivity contribution is -0.384. The SMILES string of the molecule is Cc1c(OC(=O)Nc2ccc(N3CCC(N4CCOCC4)CC3)c([N+](=O)[O-])c2)cnn1-c1ccc(C(F)(F)F)cc1. The number of amides is 1. The first-order chi connectivity index (χ1) is 19.6. The van der Waals surface area contributed by atoms with Crippen LogP contribution < -0.4 is 15.0 Å². The molecule has 5 rings (SSSR count). The van der Waals surface area contributed by atoms with E-state index >= 15 is 0 Å². The fraction of sp³-hybridized carbons (Fsp3) is 0.407. The van der Waals surface area contributed by atoms with Crippen LogP contribution in [0.4, 0.5) is 35.0 Å². The summed E-state index contributed by atoms with van der Waals surface area (Å²) in [7, 11) is 0. The molecule has 0 bridgehead atoms. The first-order valence-corrected chi connectivity index (χ1v) is 13.2. The number of hydrogen-bond donors (Lipinski definition) is 1. The van der Waals surface area contributed by atoms with Crippen LogP contribution in [0.25, 0.3) is 5.69 Å². The van der Waals surface area contributed by atoms with Gasteiger partial charge in [0.25, 0.3) is 5.69 Å². The Morgan fingerprint density at radius 3 is 2.41 bits per heavy atom. The molecule has 2 saturated heterocycles.